The van der Waals surface area contributed by atoms with Gasteiger partial charge in [0.2, 0.25) is 0 Å². The van der Waals surface area contributed by atoms with E-state index in [1.807, 2.05) is 71.9 Å². The molecule has 8 heteroatoms. The first-order valence-corrected chi connectivity index (χ1v) is 13.0. The van der Waals surface area contributed by atoms with E-state index in [1.54, 1.807) is 18.0 Å². The quantitative estimate of drug-likeness (QED) is 0.314. The van der Waals surface area contributed by atoms with E-state index in [1.165, 1.54) is 5.56 Å². The molecule has 0 spiro atoms. The molecule has 6 rings (SSSR count). The fourth-order valence-electron chi connectivity index (χ4n) is 5.27. The van der Waals surface area contributed by atoms with Crippen LogP contribution in [0.4, 0.5) is 0 Å². The molecule has 1 aliphatic rings. The average Bonchev–Trinajstić information content (AvgIpc) is 3.65. The summed E-state index contributed by atoms with van der Waals surface area (Å²) in [6, 6.07) is 22.0. The number of methoxy groups -OCH3 is 1. The molecule has 4 heterocycles. The van der Waals surface area contributed by atoms with Crippen molar-refractivity contribution < 1.29 is 9.53 Å². The Hall–Kier alpha value is -4.46. The number of imidazole rings is 1. The van der Waals surface area contributed by atoms with Crippen LogP contribution in [0.5, 0.6) is 5.75 Å². The van der Waals surface area contributed by atoms with Crippen LogP contribution in [0.25, 0.3) is 16.9 Å². The molecule has 38 heavy (non-hydrogen) atoms. The van der Waals surface area contributed by atoms with Gasteiger partial charge in [0, 0.05) is 49.7 Å². The zero-order valence-electron chi connectivity index (χ0n) is 21.4. The molecule has 0 unspecified atom stereocenters. The third-order valence-electron chi connectivity index (χ3n) is 7.32. The van der Waals surface area contributed by atoms with Crippen molar-refractivity contribution in [1.29, 1.82) is 0 Å². The maximum Gasteiger partial charge on any atom is 0.253 e. The standard InChI is InChI=1S/C30H30N6O2/c1-38-26-12-5-22(6-13-26)7-14-28-33-27-4-2-17-31-29(27)36(28)25-15-20-34(21-16-25)30(37)23-8-10-24(11-9-23)35-19-3-18-32-35/h2-6,8-13,17-19,25H,7,14-16,20-21H2,1H3. The summed E-state index contributed by atoms with van der Waals surface area (Å²) in [5.74, 6) is 1.98. The van der Waals surface area contributed by atoms with Crippen molar-refractivity contribution in [3.63, 3.8) is 0 Å². The van der Waals surface area contributed by atoms with Crippen molar-refractivity contribution in [2.24, 2.45) is 0 Å². The van der Waals surface area contributed by atoms with E-state index in [4.69, 9.17) is 9.72 Å². The minimum Gasteiger partial charge on any atom is -0.497 e. The number of benzene rings is 2. The molecule has 0 aliphatic carbocycles. The highest BCUT2D eigenvalue weighted by Gasteiger charge is 2.27. The lowest BCUT2D eigenvalue weighted by molar-refractivity contribution is 0.0695. The Morgan fingerprint density at radius 1 is 0.947 bits per heavy atom. The van der Waals surface area contributed by atoms with Gasteiger partial charge in [-0.05, 0) is 79.4 Å². The van der Waals surface area contributed by atoms with Crippen LogP contribution in [0.15, 0.2) is 85.3 Å². The number of fused-ring (bicyclic) bond motifs is 1. The second-order valence-corrected chi connectivity index (χ2v) is 9.61. The number of rotatable bonds is 7. The van der Waals surface area contributed by atoms with Gasteiger partial charge in [-0.1, -0.05) is 12.1 Å². The minimum atomic E-state index is 0.0730. The Bertz CT molecular complexity index is 1520. The predicted molar refractivity (Wildman–Crippen MR) is 146 cm³/mol. The predicted octanol–water partition coefficient (Wildman–Crippen LogP) is 4.89. The largest absolute Gasteiger partial charge is 0.497 e. The highest BCUT2D eigenvalue weighted by atomic mass is 16.5. The van der Waals surface area contributed by atoms with E-state index in [2.05, 4.69) is 26.8 Å². The summed E-state index contributed by atoms with van der Waals surface area (Å²) < 4.78 is 9.39. The van der Waals surface area contributed by atoms with Crippen molar-refractivity contribution in [2.75, 3.05) is 20.2 Å². The molecule has 2 aromatic carbocycles. The summed E-state index contributed by atoms with van der Waals surface area (Å²) in [4.78, 5) is 24.8. The molecule has 0 radical (unpaired) electrons. The van der Waals surface area contributed by atoms with Crippen molar-refractivity contribution in [1.82, 2.24) is 29.2 Å². The number of hydrogen-bond donors (Lipinski definition) is 0. The molecule has 1 fully saturated rings. The smallest absolute Gasteiger partial charge is 0.253 e. The van der Waals surface area contributed by atoms with Crippen molar-refractivity contribution in [2.45, 2.75) is 31.7 Å². The Labute approximate surface area is 221 Å². The SMILES string of the molecule is COc1ccc(CCc2nc3cccnc3n2C2CCN(C(=O)c3ccc(-n4cccn4)cc3)CC2)cc1. The summed E-state index contributed by atoms with van der Waals surface area (Å²) in [7, 11) is 1.68. The van der Waals surface area contributed by atoms with E-state index in [0.717, 1.165) is 54.1 Å². The first-order chi connectivity index (χ1) is 18.7. The van der Waals surface area contributed by atoms with Crippen LogP contribution in [-0.4, -0.2) is 55.3 Å². The normalized spacial score (nSPS) is 14.2. The van der Waals surface area contributed by atoms with Gasteiger partial charge in [-0.15, -0.1) is 0 Å². The van der Waals surface area contributed by atoms with Crippen molar-refractivity contribution >= 4 is 17.1 Å². The zero-order valence-corrected chi connectivity index (χ0v) is 21.4. The van der Waals surface area contributed by atoms with E-state index >= 15 is 0 Å². The first kappa shape index (κ1) is 23.9. The van der Waals surface area contributed by atoms with Crippen LogP contribution in [0.3, 0.4) is 0 Å². The number of piperidine rings is 1. The molecule has 3 aromatic heterocycles. The monoisotopic (exact) mass is 506 g/mol. The molecule has 5 aromatic rings. The van der Waals surface area contributed by atoms with Gasteiger partial charge < -0.3 is 14.2 Å². The summed E-state index contributed by atoms with van der Waals surface area (Å²) in [5, 5.41) is 4.25. The topological polar surface area (TPSA) is 78.1 Å². The molecule has 1 amide bonds. The van der Waals surface area contributed by atoms with Crippen LogP contribution >= 0.6 is 0 Å². The van der Waals surface area contributed by atoms with Gasteiger partial charge in [0.25, 0.3) is 5.91 Å². The van der Waals surface area contributed by atoms with E-state index in [-0.39, 0.29) is 11.9 Å². The fraction of sp³-hybridized carbons (Fsp3) is 0.267. The van der Waals surface area contributed by atoms with Crippen LogP contribution < -0.4 is 4.74 Å². The highest BCUT2D eigenvalue weighted by molar-refractivity contribution is 5.94. The van der Waals surface area contributed by atoms with Gasteiger partial charge in [-0.25, -0.2) is 14.6 Å². The van der Waals surface area contributed by atoms with Gasteiger partial charge in [-0.2, -0.15) is 5.10 Å². The van der Waals surface area contributed by atoms with Crippen molar-refractivity contribution in [3.05, 3.63) is 102 Å². The van der Waals surface area contributed by atoms with Gasteiger partial charge >= 0.3 is 0 Å². The number of carbonyl (C=O) groups is 1. The van der Waals surface area contributed by atoms with Crippen LogP contribution in [0, 0.1) is 0 Å². The molecule has 8 nitrogen and oxygen atoms in total. The number of pyridine rings is 1. The zero-order chi connectivity index (χ0) is 25.9. The fourth-order valence-corrected chi connectivity index (χ4v) is 5.27. The Morgan fingerprint density at radius 2 is 1.74 bits per heavy atom. The van der Waals surface area contributed by atoms with Gasteiger partial charge in [0.1, 0.15) is 17.1 Å². The molecule has 1 saturated heterocycles. The number of amides is 1. The molecule has 0 bridgehead atoms. The summed E-state index contributed by atoms with van der Waals surface area (Å²) in [6.45, 7) is 1.41. The number of ether oxygens (including phenoxy) is 1. The number of hydrogen-bond acceptors (Lipinski definition) is 5. The molecule has 192 valence electrons. The van der Waals surface area contributed by atoms with E-state index < -0.39 is 0 Å². The average molecular weight is 507 g/mol. The summed E-state index contributed by atoms with van der Waals surface area (Å²) in [5.41, 5.74) is 4.74. The van der Waals surface area contributed by atoms with Crippen molar-refractivity contribution in [3.8, 4) is 11.4 Å². The number of likely N-dealkylation sites (tertiary alicyclic amines) is 1. The van der Waals surface area contributed by atoms with Gasteiger partial charge in [0.15, 0.2) is 5.65 Å². The van der Waals surface area contributed by atoms with E-state index in [0.29, 0.717) is 18.7 Å². The number of nitrogens with zero attached hydrogens (tertiary/aromatic N) is 6. The second-order valence-electron chi connectivity index (χ2n) is 9.61. The molecule has 0 N–H and O–H groups in total. The third kappa shape index (κ3) is 4.77. The summed E-state index contributed by atoms with van der Waals surface area (Å²) in [6.07, 6.45) is 8.92. The third-order valence-corrected chi connectivity index (χ3v) is 7.32. The maximum atomic E-state index is 13.2. The lowest BCUT2D eigenvalue weighted by Gasteiger charge is -2.33. The lowest BCUT2D eigenvalue weighted by atomic mass is 10.0. The molecule has 1 aliphatic heterocycles. The summed E-state index contributed by atoms with van der Waals surface area (Å²) >= 11 is 0. The second kappa shape index (κ2) is 10.5. The lowest BCUT2D eigenvalue weighted by Crippen LogP contribution is -2.39. The maximum absolute atomic E-state index is 13.2. The van der Waals surface area contributed by atoms with Gasteiger partial charge in [0.05, 0.1) is 12.8 Å². The van der Waals surface area contributed by atoms with Crippen LogP contribution in [0.1, 0.15) is 40.6 Å². The molecular formula is C30H30N6O2. The van der Waals surface area contributed by atoms with Gasteiger partial charge in [-0.3, -0.25) is 4.79 Å². The molecule has 0 saturated carbocycles. The Balaban J connectivity index is 1.16. The number of carbonyl (C=O) groups excluding carboxylic acids is 1. The first-order valence-electron chi connectivity index (χ1n) is 13.0. The number of aromatic nitrogens is 5. The minimum absolute atomic E-state index is 0.0730. The van der Waals surface area contributed by atoms with Crippen LogP contribution in [-0.2, 0) is 12.8 Å². The number of aryl methyl sites for hydroxylation is 2. The molecule has 0 atom stereocenters. The Kier molecular flexibility index (Phi) is 6.60. The molecular weight excluding hydrogens is 476 g/mol. The van der Waals surface area contributed by atoms with Crippen LogP contribution in [0.2, 0.25) is 0 Å². The van der Waals surface area contributed by atoms with E-state index in [9.17, 15) is 4.79 Å². The Morgan fingerprint density at radius 3 is 2.45 bits per heavy atom. The highest BCUT2D eigenvalue weighted by Crippen LogP contribution is 2.29.